The van der Waals surface area contributed by atoms with Gasteiger partial charge >= 0.3 is 0 Å². The molecule has 0 amide bonds. The van der Waals surface area contributed by atoms with Crippen LogP contribution in [0.3, 0.4) is 0 Å². The van der Waals surface area contributed by atoms with Gasteiger partial charge in [-0.05, 0) is 49.1 Å². The van der Waals surface area contributed by atoms with E-state index in [1.54, 1.807) is 28.7 Å². The van der Waals surface area contributed by atoms with Gasteiger partial charge in [0.05, 0.1) is 4.90 Å². The molecule has 3 heterocycles. The Bertz CT molecular complexity index is 1090. The van der Waals surface area contributed by atoms with Crippen molar-refractivity contribution in [3.63, 3.8) is 0 Å². The molecule has 0 spiro atoms. The number of aromatic amines is 1. The van der Waals surface area contributed by atoms with E-state index in [4.69, 9.17) is 0 Å². The molecular weight excluding hydrogens is 372 g/mol. The van der Waals surface area contributed by atoms with Crippen LogP contribution in [0, 0.1) is 12.8 Å². The fraction of sp³-hybridized carbons (Fsp3) is 0.381. The second-order valence-corrected chi connectivity index (χ2v) is 9.63. The van der Waals surface area contributed by atoms with Crippen LogP contribution < -0.4 is 4.90 Å². The number of fused-ring (bicyclic) bond motifs is 1. The molecule has 0 radical (unpaired) electrons. The summed E-state index contributed by atoms with van der Waals surface area (Å²) < 4.78 is 28.1. The zero-order valence-electron chi connectivity index (χ0n) is 16.5. The molecule has 3 aromatic rings. The number of aromatic nitrogens is 2. The predicted octanol–water partition coefficient (Wildman–Crippen LogP) is 3.41. The van der Waals surface area contributed by atoms with Crippen molar-refractivity contribution in [2.24, 2.45) is 5.92 Å². The number of H-pyrrole nitrogens is 1. The Labute approximate surface area is 166 Å². The molecule has 2 aromatic heterocycles. The molecule has 0 bridgehead atoms. The Morgan fingerprint density at radius 2 is 2.07 bits per heavy atom. The SMILES string of the molecule is Cc1cccc(S(=O)(=O)N2CCC(C)C(N(C)c3ccnc4[nH]ccc34)C2)c1. The summed E-state index contributed by atoms with van der Waals surface area (Å²) >= 11 is 0. The van der Waals surface area contributed by atoms with Gasteiger partial charge in [-0.15, -0.1) is 0 Å². The minimum Gasteiger partial charge on any atom is -0.369 e. The van der Waals surface area contributed by atoms with Gasteiger partial charge in [0, 0.05) is 49.6 Å². The van der Waals surface area contributed by atoms with E-state index >= 15 is 0 Å². The van der Waals surface area contributed by atoms with Crippen LogP contribution >= 0.6 is 0 Å². The second-order valence-electron chi connectivity index (χ2n) is 7.69. The summed E-state index contributed by atoms with van der Waals surface area (Å²) in [6.45, 7) is 5.15. The van der Waals surface area contributed by atoms with Gasteiger partial charge in [0.1, 0.15) is 5.65 Å². The fourth-order valence-corrected chi connectivity index (χ4v) is 5.68. The first-order valence-electron chi connectivity index (χ1n) is 9.59. The smallest absolute Gasteiger partial charge is 0.243 e. The van der Waals surface area contributed by atoms with Crippen molar-refractivity contribution in [3.8, 4) is 0 Å². The van der Waals surface area contributed by atoms with Crippen molar-refractivity contribution in [2.75, 3.05) is 25.0 Å². The monoisotopic (exact) mass is 398 g/mol. The van der Waals surface area contributed by atoms with Gasteiger partial charge < -0.3 is 9.88 Å². The number of hydrogen-bond acceptors (Lipinski definition) is 4. The van der Waals surface area contributed by atoms with Crippen LogP contribution in [0.15, 0.2) is 53.7 Å². The van der Waals surface area contributed by atoms with E-state index in [1.165, 1.54) is 0 Å². The van der Waals surface area contributed by atoms with Crippen LogP contribution in [0.5, 0.6) is 0 Å². The van der Waals surface area contributed by atoms with E-state index in [9.17, 15) is 8.42 Å². The number of hydrogen-bond donors (Lipinski definition) is 1. The molecule has 28 heavy (non-hydrogen) atoms. The maximum Gasteiger partial charge on any atom is 0.243 e. The van der Waals surface area contributed by atoms with Gasteiger partial charge in [0.15, 0.2) is 0 Å². The van der Waals surface area contributed by atoms with Crippen LogP contribution in [-0.4, -0.2) is 48.9 Å². The number of sulfonamides is 1. The molecule has 4 rings (SSSR count). The Hall–Kier alpha value is -2.38. The number of rotatable bonds is 4. The number of piperidine rings is 1. The minimum absolute atomic E-state index is 0.0915. The average molecular weight is 399 g/mol. The molecule has 1 N–H and O–H groups in total. The molecule has 1 fully saturated rings. The van der Waals surface area contributed by atoms with E-state index in [1.807, 2.05) is 38.4 Å². The lowest BCUT2D eigenvalue weighted by atomic mass is 9.93. The lowest BCUT2D eigenvalue weighted by molar-refractivity contribution is 0.248. The van der Waals surface area contributed by atoms with Crippen LogP contribution in [0.1, 0.15) is 18.9 Å². The standard InChI is InChI=1S/C21H26N4O2S/c1-15-5-4-6-17(13-15)28(26,27)25-12-9-16(2)20(14-25)24(3)19-8-11-23-21-18(19)7-10-22-21/h4-8,10-11,13,16,20H,9,12,14H2,1-3H3,(H,22,23). The number of benzene rings is 1. The average Bonchev–Trinajstić information content (AvgIpc) is 3.16. The highest BCUT2D eigenvalue weighted by molar-refractivity contribution is 7.89. The number of nitrogens with zero attached hydrogens (tertiary/aromatic N) is 3. The zero-order chi connectivity index (χ0) is 19.9. The molecule has 7 heteroatoms. The maximum atomic E-state index is 13.2. The summed E-state index contributed by atoms with van der Waals surface area (Å²) in [6, 6.07) is 11.3. The summed E-state index contributed by atoms with van der Waals surface area (Å²) in [6.07, 6.45) is 4.51. The number of likely N-dealkylation sites (N-methyl/N-ethyl adjacent to an activating group) is 1. The van der Waals surface area contributed by atoms with E-state index < -0.39 is 10.0 Å². The molecule has 1 aromatic carbocycles. The van der Waals surface area contributed by atoms with Crippen LogP contribution in [-0.2, 0) is 10.0 Å². The van der Waals surface area contributed by atoms with Gasteiger partial charge in [0.25, 0.3) is 0 Å². The quantitative estimate of drug-likeness (QED) is 0.731. The minimum atomic E-state index is -3.50. The Morgan fingerprint density at radius 1 is 1.25 bits per heavy atom. The van der Waals surface area contributed by atoms with Crippen molar-refractivity contribution in [1.82, 2.24) is 14.3 Å². The first-order valence-corrected chi connectivity index (χ1v) is 11.0. The van der Waals surface area contributed by atoms with E-state index in [0.717, 1.165) is 28.7 Å². The highest BCUT2D eigenvalue weighted by Gasteiger charge is 2.36. The highest BCUT2D eigenvalue weighted by Crippen LogP contribution is 2.32. The van der Waals surface area contributed by atoms with Crippen LogP contribution in [0.4, 0.5) is 5.69 Å². The van der Waals surface area contributed by atoms with Gasteiger partial charge in [-0.3, -0.25) is 0 Å². The van der Waals surface area contributed by atoms with Gasteiger partial charge in [-0.25, -0.2) is 13.4 Å². The summed E-state index contributed by atoms with van der Waals surface area (Å²) in [5.41, 5.74) is 2.86. The number of nitrogens with one attached hydrogen (secondary N) is 1. The molecule has 1 aliphatic rings. The zero-order valence-corrected chi connectivity index (χ0v) is 17.3. The third-order valence-corrected chi connectivity index (χ3v) is 7.68. The molecule has 1 aliphatic heterocycles. The van der Waals surface area contributed by atoms with Crippen molar-refractivity contribution in [2.45, 2.75) is 31.2 Å². The first kappa shape index (κ1) is 19.0. The second kappa shape index (κ2) is 7.22. The van der Waals surface area contributed by atoms with Gasteiger partial charge in [0.2, 0.25) is 10.0 Å². The van der Waals surface area contributed by atoms with Crippen LogP contribution in [0.2, 0.25) is 0 Å². The molecule has 148 valence electrons. The van der Waals surface area contributed by atoms with E-state index in [2.05, 4.69) is 21.8 Å². The van der Waals surface area contributed by atoms with Crippen molar-refractivity contribution in [3.05, 3.63) is 54.4 Å². The highest BCUT2D eigenvalue weighted by atomic mass is 32.2. The van der Waals surface area contributed by atoms with Crippen molar-refractivity contribution >= 4 is 26.7 Å². The number of anilines is 1. The third kappa shape index (κ3) is 3.29. The lowest BCUT2D eigenvalue weighted by Gasteiger charge is -2.42. The van der Waals surface area contributed by atoms with E-state index in [-0.39, 0.29) is 6.04 Å². The summed E-state index contributed by atoms with van der Waals surface area (Å²) in [7, 11) is -1.45. The Morgan fingerprint density at radius 3 is 2.86 bits per heavy atom. The molecule has 2 atom stereocenters. The fourth-order valence-electron chi connectivity index (χ4n) is 4.10. The largest absolute Gasteiger partial charge is 0.369 e. The normalized spacial score (nSPS) is 21.1. The molecule has 0 aliphatic carbocycles. The molecular formula is C21H26N4O2S. The maximum absolute atomic E-state index is 13.2. The number of aryl methyl sites for hydroxylation is 1. The Balaban J connectivity index is 1.64. The van der Waals surface area contributed by atoms with Crippen LogP contribution in [0.25, 0.3) is 11.0 Å². The van der Waals surface area contributed by atoms with Gasteiger partial charge in [-0.1, -0.05) is 19.1 Å². The molecule has 2 unspecified atom stereocenters. The summed E-state index contributed by atoms with van der Waals surface area (Å²) in [5.74, 6) is 0.385. The predicted molar refractivity (Wildman–Crippen MR) is 112 cm³/mol. The number of pyridine rings is 1. The van der Waals surface area contributed by atoms with Crippen molar-refractivity contribution < 1.29 is 8.42 Å². The Kier molecular flexibility index (Phi) is 4.89. The first-order chi connectivity index (χ1) is 13.4. The van der Waals surface area contributed by atoms with E-state index in [0.29, 0.717) is 23.9 Å². The lowest BCUT2D eigenvalue weighted by Crippen LogP contribution is -2.52. The summed E-state index contributed by atoms with van der Waals surface area (Å²) in [5, 5.41) is 1.05. The topological polar surface area (TPSA) is 69.3 Å². The molecule has 0 saturated carbocycles. The molecule has 1 saturated heterocycles. The van der Waals surface area contributed by atoms with Gasteiger partial charge in [-0.2, -0.15) is 4.31 Å². The third-order valence-electron chi connectivity index (χ3n) is 5.82. The van der Waals surface area contributed by atoms with Crippen molar-refractivity contribution in [1.29, 1.82) is 0 Å². The summed E-state index contributed by atoms with van der Waals surface area (Å²) in [4.78, 5) is 10.1. The molecule has 6 nitrogen and oxygen atoms in total.